The normalized spacial score (nSPS) is 22.4. The molecule has 0 radical (unpaired) electrons. The van der Waals surface area contributed by atoms with Gasteiger partial charge >= 0.3 is 0 Å². The Morgan fingerprint density at radius 3 is 2.60 bits per heavy atom. The Hall–Kier alpha value is -1.92. The van der Waals surface area contributed by atoms with Crippen LogP contribution >= 0.6 is 12.4 Å². The predicted octanol–water partition coefficient (Wildman–Crippen LogP) is 1.65. The molecule has 0 aromatic heterocycles. The molecule has 1 fully saturated rings. The van der Waals surface area contributed by atoms with Gasteiger partial charge in [-0.05, 0) is 44.4 Å². The van der Waals surface area contributed by atoms with Crippen LogP contribution in [-0.2, 0) is 4.79 Å². The minimum atomic E-state index is -0.399. The number of imide groups is 1. The number of amides is 3. The molecule has 2 atom stereocenters. The third-order valence-electron chi connectivity index (χ3n) is 4.99. The zero-order chi connectivity index (χ0) is 17.3. The van der Waals surface area contributed by atoms with Gasteiger partial charge in [0.15, 0.2) is 0 Å². The highest BCUT2D eigenvalue weighted by Crippen LogP contribution is 2.25. The number of fused-ring (bicyclic) bond motifs is 1. The monoisotopic (exact) mass is 365 g/mol. The Kier molecular flexibility index (Phi) is 6.19. The van der Waals surface area contributed by atoms with Crippen LogP contribution in [0.15, 0.2) is 18.2 Å². The summed E-state index contributed by atoms with van der Waals surface area (Å²) in [6.45, 7) is 2.17. The average Bonchev–Trinajstić information content (AvgIpc) is 2.80. The molecular weight excluding hydrogens is 342 g/mol. The third kappa shape index (κ3) is 3.85. The fraction of sp³-hybridized carbons (Fsp3) is 0.500. The Balaban J connectivity index is 0.00000225. The van der Waals surface area contributed by atoms with E-state index >= 15 is 0 Å². The van der Waals surface area contributed by atoms with Crippen LogP contribution in [0.5, 0.6) is 0 Å². The number of hydrogen-bond donors (Lipinski definition) is 2. The quantitative estimate of drug-likeness (QED) is 0.793. The molecule has 3 amide bonds. The molecule has 1 aliphatic carbocycles. The van der Waals surface area contributed by atoms with Crippen LogP contribution in [0, 0.1) is 12.8 Å². The standard InChI is InChI=1S/C18H23N3O3.ClH/c1-11-6-7-13-14(8-11)18(24)21(17(13)23)10-16(22)20-15-5-3-2-4-12(15)9-19;/h6-8,12,15H,2-5,9-10,19H2,1H3,(H,20,22);1H. The number of nitrogens with zero attached hydrogens (tertiary/aromatic N) is 1. The summed E-state index contributed by atoms with van der Waals surface area (Å²) in [5, 5.41) is 2.96. The SMILES string of the molecule is Cc1ccc2c(c1)C(=O)N(CC(=O)NC1CCCCC1CN)C2=O.Cl. The van der Waals surface area contributed by atoms with E-state index in [0.717, 1.165) is 36.1 Å². The van der Waals surface area contributed by atoms with Crippen molar-refractivity contribution in [2.24, 2.45) is 11.7 Å². The minimum Gasteiger partial charge on any atom is -0.351 e. The Bertz CT molecular complexity index is 692. The summed E-state index contributed by atoms with van der Waals surface area (Å²) in [6.07, 6.45) is 4.10. The van der Waals surface area contributed by atoms with Crippen molar-refractivity contribution in [2.75, 3.05) is 13.1 Å². The van der Waals surface area contributed by atoms with Gasteiger partial charge in [0.1, 0.15) is 6.54 Å². The Morgan fingerprint density at radius 1 is 1.20 bits per heavy atom. The lowest BCUT2D eigenvalue weighted by molar-refractivity contribution is -0.122. The van der Waals surface area contributed by atoms with Crippen molar-refractivity contribution in [2.45, 2.75) is 38.6 Å². The molecular formula is C18H24ClN3O3. The molecule has 0 bridgehead atoms. The van der Waals surface area contributed by atoms with E-state index in [1.165, 1.54) is 0 Å². The molecule has 1 saturated carbocycles. The van der Waals surface area contributed by atoms with Crippen molar-refractivity contribution in [3.63, 3.8) is 0 Å². The first-order valence-electron chi connectivity index (χ1n) is 8.47. The van der Waals surface area contributed by atoms with Gasteiger partial charge in [-0.15, -0.1) is 12.4 Å². The molecule has 25 heavy (non-hydrogen) atoms. The van der Waals surface area contributed by atoms with Crippen molar-refractivity contribution >= 4 is 30.1 Å². The first-order valence-corrected chi connectivity index (χ1v) is 8.47. The van der Waals surface area contributed by atoms with Gasteiger partial charge in [0.05, 0.1) is 11.1 Å². The maximum absolute atomic E-state index is 12.4. The van der Waals surface area contributed by atoms with Crippen molar-refractivity contribution in [3.8, 4) is 0 Å². The molecule has 136 valence electrons. The number of halogens is 1. The zero-order valence-electron chi connectivity index (χ0n) is 14.3. The summed E-state index contributed by atoms with van der Waals surface area (Å²) in [7, 11) is 0. The van der Waals surface area contributed by atoms with Crippen LogP contribution in [0.2, 0.25) is 0 Å². The van der Waals surface area contributed by atoms with E-state index in [4.69, 9.17) is 5.73 Å². The van der Waals surface area contributed by atoms with Gasteiger partial charge in [-0.1, -0.05) is 24.5 Å². The molecule has 0 spiro atoms. The number of carbonyl (C=O) groups excluding carboxylic acids is 3. The Morgan fingerprint density at radius 2 is 1.88 bits per heavy atom. The van der Waals surface area contributed by atoms with Gasteiger partial charge in [0.2, 0.25) is 5.91 Å². The third-order valence-corrected chi connectivity index (χ3v) is 4.99. The summed E-state index contributed by atoms with van der Waals surface area (Å²) < 4.78 is 0. The van der Waals surface area contributed by atoms with Gasteiger partial charge in [0.25, 0.3) is 11.8 Å². The fourth-order valence-corrected chi connectivity index (χ4v) is 3.62. The van der Waals surface area contributed by atoms with Gasteiger partial charge in [-0.2, -0.15) is 0 Å². The average molecular weight is 366 g/mol. The van der Waals surface area contributed by atoms with E-state index in [2.05, 4.69) is 5.32 Å². The zero-order valence-corrected chi connectivity index (χ0v) is 15.1. The van der Waals surface area contributed by atoms with Gasteiger partial charge in [-0.3, -0.25) is 19.3 Å². The van der Waals surface area contributed by atoms with Crippen LogP contribution in [0.3, 0.4) is 0 Å². The lowest BCUT2D eigenvalue weighted by Crippen LogP contribution is -2.48. The first kappa shape index (κ1) is 19.4. The number of benzene rings is 1. The first-order chi connectivity index (χ1) is 11.5. The molecule has 1 aromatic carbocycles. The molecule has 1 heterocycles. The largest absolute Gasteiger partial charge is 0.351 e. The van der Waals surface area contributed by atoms with Crippen molar-refractivity contribution in [1.29, 1.82) is 0 Å². The van der Waals surface area contributed by atoms with Gasteiger partial charge in [-0.25, -0.2) is 0 Å². The molecule has 2 aliphatic rings. The maximum Gasteiger partial charge on any atom is 0.262 e. The highest BCUT2D eigenvalue weighted by atomic mass is 35.5. The summed E-state index contributed by atoms with van der Waals surface area (Å²) in [6, 6.07) is 5.17. The highest BCUT2D eigenvalue weighted by Gasteiger charge is 2.37. The Labute approximate surface area is 153 Å². The highest BCUT2D eigenvalue weighted by molar-refractivity contribution is 6.22. The molecule has 7 heteroatoms. The second-order valence-electron chi connectivity index (χ2n) is 6.70. The van der Waals surface area contributed by atoms with Crippen LogP contribution in [0.4, 0.5) is 0 Å². The van der Waals surface area contributed by atoms with Gasteiger partial charge in [0, 0.05) is 6.04 Å². The van der Waals surface area contributed by atoms with Crippen LogP contribution in [0.25, 0.3) is 0 Å². The number of nitrogens with one attached hydrogen (secondary N) is 1. The maximum atomic E-state index is 12.4. The molecule has 3 N–H and O–H groups in total. The topological polar surface area (TPSA) is 92.5 Å². The van der Waals surface area contributed by atoms with Crippen LogP contribution in [0.1, 0.15) is 52.0 Å². The van der Waals surface area contributed by atoms with Crippen LogP contribution in [-0.4, -0.2) is 41.8 Å². The molecule has 3 rings (SSSR count). The van der Waals surface area contributed by atoms with Crippen molar-refractivity contribution in [3.05, 3.63) is 34.9 Å². The van der Waals surface area contributed by atoms with E-state index in [1.54, 1.807) is 18.2 Å². The second kappa shape index (κ2) is 7.97. The molecule has 1 aliphatic heterocycles. The van der Waals surface area contributed by atoms with Crippen molar-refractivity contribution in [1.82, 2.24) is 10.2 Å². The predicted molar refractivity (Wildman–Crippen MR) is 96.7 cm³/mol. The smallest absolute Gasteiger partial charge is 0.262 e. The van der Waals surface area contributed by atoms with E-state index in [1.807, 2.05) is 6.92 Å². The van der Waals surface area contributed by atoms with Crippen LogP contribution < -0.4 is 11.1 Å². The number of aryl methyl sites for hydroxylation is 1. The van der Waals surface area contributed by atoms with E-state index in [0.29, 0.717) is 17.7 Å². The van der Waals surface area contributed by atoms with E-state index in [-0.39, 0.29) is 36.8 Å². The lowest BCUT2D eigenvalue weighted by Gasteiger charge is -2.31. The number of carbonyl (C=O) groups is 3. The minimum absolute atomic E-state index is 0. The summed E-state index contributed by atoms with van der Waals surface area (Å²) in [4.78, 5) is 38.2. The second-order valence-corrected chi connectivity index (χ2v) is 6.70. The van der Waals surface area contributed by atoms with E-state index in [9.17, 15) is 14.4 Å². The summed E-state index contributed by atoms with van der Waals surface area (Å²) >= 11 is 0. The number of nitrogens with two attached hydrogens (primary N) is 1. The van der Waals surface area contributed by atoms with E-state index < -0.39 is 11.8 Å². The summed E-state index contributed by atoms with van der Waals surface area (Å²) in [5.41, 5.74) is 7.44. The number of hydrogen-bond acceptors (Lipinski definition) is 4. The fourth-order valence-electron chi connectivity index (χ4n) is 3.62. The van der Waals surface area contributed by atoms with Crippen molar-refractivity contribution < 1.29 is 14.4 Å². The molecule has 2 unspecified atom stereocenters. The number of rotatable bonds is 4. The summed E-state index contributed by atoms with van der Waals surface area (Å²) in [5.74, 6) is -0.823. The molecule has 0 saturated heterocycles. The van der Waals surface area contributed by atoms with Gasteiger partial charge < -0.3 is 11.1 Å². The lowest BCUT2D eigenvalue weighted by atomic mass is 9.84. The molecule has 6 nitrogen and oxygen atoms in total. The molecule has 1 aromatic rings.